The van der Waals surface area contributed by atoms with Crippen molar-refractivity contribution in [3.63, 3.8) is 0 Å². The van der Waals surface area contributed by atoms with Crippen LogP contribution in [0.5, 0.6) is 0 Å². The van der Waals surface area contributed by atoms with Gasteiger partial charge in [0, 0.05) is 23.9 Å². The third-order valence-electron chi connectivity index (χ3n) is 4.90. The lowest BCUT2D eigenvalue weighted by atomic mass is 9.95. The molecule has 0 saturated heterocycles. The van der Waals surface area contributed by atoms with Crippen LogP contribution in [0.2, 0.25) is 0 Å². The lowest BCUT2D eigenvalue weighted by molar-refractivity contribution is -0.131. The van der Waals surface area contributed by atoms with Crippen molar-refractivity contribution in [1.82, 2.24) is 9.88 Å². The maximum Gasteiger partial charge on any atom is 0.238 e. The van der Waals surface area contributed by atoms with Crippen LogP contribution in [0.1, 0.15) is 22.6 Å². The first-order valence-corrected chi connectivity index (χ1v) is 9.90. The standard InChI is InChI=1S/C20H19ClN2OS/c21-11-20(24)23(17-7-8-18-19(10-17)25-13-22-18)12-14-5-6-15-3-1-2-4-16(15)9-14/h1-6,9,13,17H,7-8,10-12H2. The van der Waals surface area contributed by atoms with E-state index in [2.05, 4.69) is 35.3 Å². The summed E-state index contributed by atoms with van der Waals surface area (Å²) in [6.45, 7) is 0.606. The van der Waals surface area contributed by atoms with Gasteiger partial charge in [-0.15, -0.1) is 22.9 Å². The Morgan fingerprint density at radius 2 is 2.08 bits per heavy atom. The van der Waals surface area contributed by atoms with Crippen molar-refractivity contribution in [2.45, 2.75) is 31.8 Å². The summed E-state index contributed by atoms with van der Waals surface area (Å²) in [5.41, 5.74) is 4.25. The Balaban J connectivity index is 1.59. The maximum absolute atomic E-state index is 12.5. The van der Waals surface area contributed by atoms with E-state index in [0.717, 1.165) is 24.8 Å². The first-order chi connectivity index (χ1) is 12.2. The SMILES string of the molecule is O=C(CCl)N(Cc1ccc2ccccc2c1)C1CCc2ncsc2C1. The Bertz CT molecular complexity index is 907. The fourth-order valence-corrected chi connectivity index (χ4v) is 4.62. The molecule has 0 fully saturated rings. The Morgan fingerprint density at radius 1 is 1.24 bits per heavy atom. The fraction of sp³-hybridized carbons (Fsp3) is 0.300. The summed E-state index contributed by atoms with van der Waals surface area (Å²) >= 11 is 7.60. The van der Waals surface area contributed by atoms with Crippen LogP contribution in [-0.4, -0.2) is 27.7 Å². The van der Waals surface area contributed by atoms with Gasteiger partial charge in [0.05, 0.1) is 11.2 Å². The minimum Gasteiger partial charge on any atom is -0.334 e. The van der Waals surface area contributed by atoms with Gasteiger partial charge in [0.2, 0.25) is 5.91 Å². The Hall–Kier alpha value is -1.91. The van der Waals surface area contributed by atoms with Crippen molar-refractivity contribution in [3.8, 4) is 0 Å². The van der Waals surface area contributed by atoms with E-state index in [1.54, 1.807) is 11.3 Å². The highest BCUT2D eigenvalue weighted by molar-refractivity contribution is 7.09. The molecule has 1 heterocycles. The predicted octanol–water partition coefficient (Wildman–Crippen LogP) is 4.42. The second-order valence-electron chi connectivity index (χ2n) is 6.46. The molecule has 3 aromatic rings. The molecule has 0 saturated carbocycles. The average molecular weight is 371 g/mol. The molecular weight excluding hydrogens is 352 g/mol. The van der Waals surface area contributed by atoms with Crippen molar-refractivity contribution in [2.24, 2.45) is 0 Å². The highest BCUT2D eigenvalue weighted by Crippen LogP contribution is 2.28. The monoisotopic (exact) mass is 370 g/mol. The van der Waals surface area contributed by atoms with Crippen LogP contribution in [0.15, 0.2) is 48.0 Å². The first kappa shape index (κ1) is 16.6. The molecule has 5 heteroatoms. The van der Waals surface area contributed by atoms with Crippen LogP contribution in [0.3, 0.4) is 0 Å². The van der Waals surface area contributed by atoms with Gasteiger partial charge in [-0.25, -0.2) is 4.98 Å². The fourth-order valence-electron chi connectivity index (χ4n) is 3.58. The average Bonchev–Trinajstić information content (AvgIpc) is 3.13. The Labute approximate surface area is 156 Å². The van der Waals surface area contributed by atoms with Gasteiger partial charge < -0.3 is 4.90 Å². The van der Waals surface area contributed by atoms with E-state index >= 15 is 0 Å². The number of benzene rings is 2. The molecule has 0 spiro atoms. The van der Waals surface area contributed by atoms with E-state index < -0.39 is 0 Å². The lowest BCUT2D eigenvalue weighted by Gasteiger charge is -2.34. The molecule has 1 unspecified atom stereocenters. The first-order valence-electron chi connectivity index (χ1n) is 8.49. The Kier molecular flexibility index (Phi) is 4.73. The molecule has 25 heavy (non-hydrogen) atoms. The maximum atomic E-state index is 12.5. The molecule has 0 aliphatic heterocycles. The minimum atomic E-state index is 0.00721. The minimum absolute atomic E-state index is 0.00721. The predicted molar refractivity (Wildman–Crippen MR) is 103 cm³/mol. The topological polar surface area (TPSA) is 33.2 Å². The van der Waals surface area contributed by atoms with E-state index in [1.807, 2.05) is 22.5 Å². The van der Waals surface area contributed by atoms with Crippen molar-refractivity contribution in [2.75, 3.05) is 5.88 Å². The van der Waals surface area contributed by atoms with Gasteiger partial charge in [0.25, 0.3) is 0 Å². The van der Waals surface area contributed by atoms with E-state index in [0.29, 0.717) is 6.54 Å². The number of carbonyl (C=O) groups is 1. The number of amides is 1. The highest BCUT2D eigenvalue weighted by atomic mass is 35.5. The summed E-state index contributed by atoms with van der Waals surface area (Å²) in [6, 6.07) is 14.9. The van der Waals surface area contributed by atoms with Crippen molar-refractivity contribution < 1.29 is 4.79 Å². The molecule has 2 aromatic carbocycles. The van der Waals surface area contributed by atoms with Crippen LogP contribution in [0, 0.1) is 0 Å². The van der Waals surface area contributed by atoms with Crippen LogP contribution in [0.4, 0.5) is 0 Å². The molecule has 0 bridgehead atoms. The summed E-state index contributed by atoms with van der Waals surface area (Å²) in [6.07, 6.45) is 2.77. The van der Waals surface area contributed by atoms with Gasteiger partial charge in [0.15, 0.2) is 0 Å². The largest absolute Gasteiger partial charge is 0.334 e. The number of alkyl halides is 1. The molecule has 1 amide bonds. The molecule has 128 valence electrons. The zero-order valence-electron chi connectivity index (χ0n) is 13.8. The second-order valence-corrected chi connectivity index (χ2v) is 7.66. The smallest absolute Gasteiger partial charge is 0.238 e. The zero-order chi connectivity index (χ0) is 17.2. The van der Waals surface area contributed by atoms with E-state index in [1.165, 1.54) is 21.3 Å². The van der Waals surface area contributed by atoms with Gasteiger partial charge in [-0.3, -0.25) is 4.79 Å². The zero-order valence-corrected chi connectivity index (χ0v) is 15.4. The Morgan fingerprint density at radius 3 is 2.92 bits per heavy atom. The third kappa shape index (κ3) is 3.42. The summed E-state index contributed by atoms with van der Waals surface area (Å²) in [5.74, 6) is 0.0346. The third-order valence-corrected chi connectivity index (χ3v) is 6.03. The number of hydrogen-bond donors (Lipinski definition) is 0. The number of fused-ring (bicyclic) bond motifs is 2. The molecule has 1 aliphatic rings. The summed E-state index contributed by atoms with van der Waals surface area (Å²) in [7, 11) is 0. The lowest BCUT2D eigenvalue weighted by Crippen LogP contribution is -2.43. The number of halogens is 1. The van der Waals surface area contributed by atoms with E-state index in [9.17, 15) is 4.79 Å². The summed E-state index contributed by atoms with van der Waals surface area (Å²) in [5, 5.41) is 2.42. The van der Waals surface area contributed by atoms with Crippen LogP contribution in [-0.2, 0) is 24.2 Å². The van der Waals surface area contributed by atoms with Crippen molar-refractivity contribution >= 4 is 39.6 Å². The van der Waals surface area contributed by atoms with Crippen molar-refractivity contribution in [3.05, 3.63) is 64.1 Å². The molecule has 4 rings (SSSR count). The molecule has 1 aromatic heterocycles. The summed E-state index contributed by atoms with van der Waals surface area (Å²) < 4.78 is 0. The number of thiazole rings is 1. The van der Waals surface area contributed by atoms with E-state index in [-0.39, 0.29) is 17.8 Å². The van der Waals surface area contributed by atoms with Crippen LogP contribution in [0.25, 0.3) is 10.8 Å². The number of aromatic nitrogens is 1. The van der Waals surface area contributed by atoms with Gasteiger partial charge >= 0.3 is 0 Å². The van der Waals surface area contributed by atoms with Crippen LogP contribution < -0.4 is 0 Å². The normalized spacial score (nSPS) is 16.6. The number of aryl methyl sites for hydroxylation is 1. The molecular formula is C20H19ClN2OS. The highest BCUT2D eigenvalue weighted by Gasteiger charge is 2.28. The number of rotatable bonds is 4. The van der Waals surface area contributed by atoms with Crippen LogP contribution >= 0.6 is 22.9 Å². The number of hydrogen-bond acceptors (Lipinski definition) is 3. The quantitative estimate of drug-likeness (QED) is 0.637. The molecule has 1 aliphatic carbocycles. The van der Waals surface area contributed by atoms with E-state index in [4.69, 9.17) is 11.6 Å². The van der Waals surface area contributed by atoms with Gasteiger partial charge in [-0.05, 0) is 35.2 Å². The van der Waals surface area contributed by atoms with Gasteiger partial charge in [-0.2, -0.15) is 0 Å². The molecule has 3 nitrogen and oxygen atoms in total. The van der Waals surface area contributed by atoms with Crippen molar-refractivity contribution in [1.29, 1.82) is 0 Å². The molecule has 1 atom stereocenters. The summed E-state index contributed by atoms with van der Waals surface area (Å²) in [4.78, 5) is 20.2. The molecule has 0 N–H and O–H groups in total. The molecule has 0 radical (unpaired) electrons. The second kappa shape index (κ2) is 7.14. The van der Waals surface area contributed by atoms with Gasteiger partial charge in [-0.1, -0.05) is 36.4 Å². The van der Waals surface area contributed by atoms with Gasteiger partial charge in [0.1, 0.15) is 5.88 Å². The number of nitrogens with zero attached hydrogens (tertiary/aromatic N) is 2. The number of carbonyl (C=O) groups excluding carboxylic acids is 1.